The molecule has 2 heterocycles. The number of amides is 1. The van der Waals surface area contributed by atoms with Crippen LogP contribution < -0.4 is 11.1 Å². The second-order valence-electron chi connectivity index (χ2n) is 4.63. The minimum absolute atomic E-state index is 0.0638. The molecular formula is C11H19N3O3. The highest BCUT2D eigenvalue weighted by Gasteiger charge is 2.41. The van der Waals surface area contributed by atoms with Crippen molar-refractivity contribution in [1.29, 1.82) is 0 Å². The Balaban J connectivity index is 2.23. The van der Waals surface area contributed by atoms with Gasteiger partial charge in [0.1, 0.15) is 6.04 Å². The number of ether oxygens (including phenoxy) is 1. The monoisotopic (exact) mass is 241 g/mol. The molecule has 2 saturated heterocycles. The van der Waals surface area contributed by atoms with E-state index in [1.165, 1.54) is 7.11 Å². The third-order valence-corrected chi connectivity index (χ3v) is 3.53. The molecule has 0 spiro atoms. The first kappa shape index (κ1) is 12.3. The van der Waals surface area contributed by atoms with Gasteiger partial charge >= 0.3 is 5.97 Å². The summed E-state index contributed by atoms with van der Waals surface area (Å²) < 4.78 is 4.77. The summed E-state index contributed by atoms with van der Waals surface area (Å²) in [5, 5.41) is 3.16. The normalized spacial score (nSPS) is 33.9. The number of carbonyl (C=O) groups excluding carboxylic acids is 2. The first-order chi connectivity index (χ1) is 8.15. The standard InChI is InChI=1S/C11H19N3O3/c1-17-11(16)9-4-2-3-7-5-13-6-8(12)10(15)14(7)9/h7-9,13H,2-6,12H2,1H3/t7-,8+,9+/m1/s1. The van der Waals surface area contributed by atoms with E-state index in [0.717, 1.165) is 12.8 Å². The van der Waals surface area contributed by atoms with Gasteiger partial charge in [-0.2, -0.15) is 0 Å². The lowest BCUT2D eigenvalue weighted by molar-refractivity contribution is -0.157. The molecular weight excluding hydrogens is 222 g/mol. The highest BCUT2D eigenvalue weighted by molar-refractivity contribution is 5.88. The number of nitrogens with one attached hydrogen (secondary N) is 1. The van der Waals surface area contributed by atoms with Crippen LogP contribution in [0.25, 0.3) is 0 Å². The van der Waals surface area contributed by atoms with Crippen LogP contribution in [-0.2, 0) is 14.3 Å². The van der Waals surface area contributed by atoms with E-state index in [9.17, 15) is 9.59 Å². The van der Waals surface area contributed by atoms with Gasteiger partial charge in [-0.05, 0) is 19.3 Å². The molecule has 3 N–H and O–H groups in total. The quantitative estimate of drug-likeness (QED) is 0.566. The molecule has 0 aliphatic carbocycles. The molecule has 0 saturated carbocycles. The Morgan fingerprint density at radius 2 is 2.24 bits per heavy atom. The summed E-state index contributed by atoms with van der Waals surface area (Å²) in [7, 11) is 1.35. The zero-order valence-corrected chi connectivity index (χ0v) is 10.0. The summed E-state index contributed by atoms with van der Waals surface area (Å²) in [6.45, 7) is 1.17. The summed E-state index contributed by atoms with van der Waals surface area (Å²) in [6.07, 6.45) is 2.52. The molecule has 0 aromatic heterocycles. The van der Waals surface area contributed by atoms with Crippen LogP contribution in [0.3, 0.4) is 0 Å². The maximum Gasteiger partial charge on any atom is 0.328 e. The molecule has 6 heteroatoms. The number of rotatable bonds is 1. The Labute approximate surface area is 100 Å². The largest absolute Gasteiger partial charge is 0.467 e. The fraction of sp³-hybridized carbons (Fsp3) is 0.818. The molecule has 0 radical (unpaired) electrons. The van der Waals surface area contributed by atoms with Crippen molar-refractivity contribution in [2.24, 2.45) is 5.73 Å². The third kappa shape index (κ3) is 2.28. The lowest BCUT2D eigenvalue weighted by Gasteiger charge is -2.40. The molecule has 1 amide bonds. The van der Waals surface area contributed by atoms with Gasteiger partial charge < -0.3 is 20.7 Å². The van der Waals surface area contributed by atoms with E-state index in [1.54, 1.807) is 4.90 Å². The summed E-state index contributed by atoms with van der Waals surface area (Å²) in [5.74, 6) is -0.479. The Morgan fingerprint density at radius 3 is 2.94 bits per heavy atom. The van der Waals surface area contributed by atoms with Gasteiger partial charge in [-0.25, -0.2) is 4.79 Å². The van der Waals surface area contributed by atoms with Crippen LogP contribution in [0.15, 0.2) is 0 Å². The Bertz CT molecular complexity index is 321. The number of methoxy groups -OCH3 is 1. The predicted octanol–water partition coefficient (Wildman–Crippen LogP) is -1.16. The van der Waals surface area contributed by atoms with Crippen LogP contribution in [0.1, 0.15) is 19.3 Å². The van der Waals surface area contributed by atoms with Crippen LogP contribution in [0.5, 0.6) is 0 Å². The number of piperidine rings is 1. The lowest BCUT2D eigenvalue weighted by atomic mass is 9.95. The number of nitrogens with two attached hydrogens (primary N) is 1. The predicted molar refractivity (Wildman–Crippen MR) is 61.1 cm³/mol. The molecule has 6 nitrogen and oxygen atoms in total. The van der Waals surface area contributed by atoms with Gasteiger partial charge in [-0.3, -0.25) is 4.79 Å². The molecule has 0 aromatic carbocycles. The minimum Gasteiger partial charge on any atom is -0.467 e. The summed E-state index contributed by atoms with van der Waals surface area (Å²) in [6, 6.07) is -0.962. The molecule has 2 aliphatic rings. The maximum atomic E-state index is 12.2. The number of hydrogen-bond donors (Lipinski definition) is 2. The molecule has 0 bridgehead atoms. The minimum atomic E-state index is -0.565. The zero-order chi connectivity index (χ0) is 12.4. The number of esters is 1. The summed E-state index contributed by atoms with van der Waals surface area (Å²) in [5.41, 5.74) is 5.78. The van der Waals surface area contributed by atoms with Crippen molar-refractivity contribution in [3.8, 4) is 0 Å². The Kier molecular flexibility index (Phi) is 3.63. The molecule has 0 unspecified atom stereocenters. The van der Waals surface area contributed by atoms with Crippen molar-refractivity contribution >= 4 is 11.9 Å². The van der Waals surface area contributed by atoms with E-state index >= 15 is 0 Å². The molecule has 2 rings (SSSR count). The van der Waals surface area contributed by atoms with Crippen LogP contribution >= 0.6 is 0 Å². The van der Waals surface area contributed by atoms with Crippen LogP contribution in [0.2, 0.25) is 0 Å². The van der Waals surface area contributed by atoms with E-state index in [1.807, 2.05) is 0 Å². The van der Waals surface area contributed by atoms with E-state index in [0.29, 0.717) is 19.5 Å². The number of hydrogen-bond acceptors (Lipinski definition) is 5. The highest BCUT2D eigenvalue weighted by atomic mass is 16.5. The summed E-state index contributed by atoms with van der Waals surface area (Å²) >= 11 is 0. The molecule has 2 aliphatic heterocycles. The smallest absolute Gasteiger partial charge is 0.328 e. The van der Waals surface area contributed by atoms with Crippen molar-refractivity contribution < 1.29 is 14.3 Å². The number of nitrogens with zero attached hydrogens (tertiary/aromatic N) is 1. The van der Waals surface area contributed by atoms with Crippen LogP contribution in [0, 0.1) is 0 Å². The van der Waals surface area contributed by atoms with E-state index in [2.05, 4.69) is 5.32 Å². The fourth-order valence-electron chi connectivity index (χ4n) is 2.67. The van der Waals surface area contributed by atoms with Gasteiger partial charge in [0, 0.05) is 19.1 Å². The topological polar surface area (TPSA) is 84.7 Å². The van der Waals surface area contributed by atoms with Gasteiger partial charge in [0.2, 0.25) is 5.91 Å². The zero-order valence-electron chi connectivity index (χ0n) is 10.0. The van der Waals surface area contributed by atoms with Crippen molar-refractivity contribution in [2.75, 3.05) is 20.2 Å². The van der Waals surface area contributed by atoms with Crippen molar-refractivity contribution in [1.82, 2.24) is 10.2 Å². The van der Waals surface area contributed by atoms with Crippen LogP contribution in [-0.4, -0.2) is 55.1 Å². The number of carbonyl (C=O) groups is 2. The highest BCUT2D eigenvalue weighted by Crippen LogP contribution is 2.25. The van der Waals surface area contributed by atoms with Gasteiger partial charge in [0.05, 0.1) is 13.2 Å². The lowest BCUT2D eigenvalue weighted by Crippen LogP contribution is -2.57. The molecule has 96 valence electrons. The second-order valence-corrected chi connectivity index (χ2v) is 4.63. The first-order valence-electron chi connectivity index (χ1n) is 6.01. The summed E-state index contributed by atoms with van der Waals surface area (Å²) in [4.78, 5) is 25.5. The second kappa shape index (κ2) is 5.01. The van der Waals surface area contributed by atoms with Gasteiger partial charge in [-0.1, -0.05) is 0 Å². The van der Waals surface area contributed by atoms with Gasteiger partial charge in [0.15, 0.2) is 0 Å². The average Bonchev–Trinajstić information content (AvgIpc) is 2.49. The van der Waals surface area contributed by atoms with E-state index in [-0.39, 0.29) is 17.9 Å². The molecule has 2 fully saturated rings. The molecule has 17 heavy (non-hydrogen) atoms. The molecule has 0 aromatic rings. The molecule has 3 atom stereocenters. The van der Waals surface area contributed by atoms with Crippen molar-refractivity contribution in [3.05, 3.63) is 0 Å². The maximum absolute atomic E-state index is 12.2. The third-order valence-electron chi connectivity index (χ3n) is 3.53. The van der Waals surface area contributed by atoms with E-state index < -0.39 is 12.1 Å². The number of fused-ring (bicyclic) bond motifs is 1. The first-order valence-corrected chi connectivity index (χ1v) is 6.01. The fourth-order valence-corrected chi connectivity index (χ4v) is 2.67. The van der Waals surface area contributed by atoms with E-state index in [4.69, 9.17) is 10.5 Å². The van der Waals surface area contributed by atoms with Gasteiger partial charge in [0.25, 0.3) is 0 Å². The van der Waals surface area contributed by atoms with Crippen molar-refractivity contribution in [2.45, 2.75) is 37.4 Å². The Hall–Kier alpha value is -1.14. The average molecular weight is 241 g/mol. The van der Waals surface area contributed by atoms with Crippen LogP contribution in [0.4, 0.5) is 0 Å². The van der Waals surface area contributed by atoms with Gasteiger partial charge in [-0.15, -0.1) is 0 Å². The SMILES string of the molecule is COC(=O)[C@@H]1CCC[C@@H]2CNC[C@H](N)C(=O)N21. The Morgan fingerprint density at radius 1 is 1.47 bits per heavy atom. The van der Waals surface area contributed by atoms with Crippen molar-refractivity contribution in [3.63, 3.8) is 0 Å².